The fourth-order valence-electron chi connectivity index (χ4n) is 3.81. The number of aromatic nitrogens is 3. The molecule has 4 aromatic rings. The van der Waals surface area contributed by atoms with E-state index in [1.54, 1.807) is 35.5 Å². The minimum atomic E-state index is -1.16. The number of carbonyl (C=O) groups excluding carboxylic acids is 1. The molecule has 32 heavy (non-hydrogen) atoms. The molecule has 0 saturated carbocycles. The minimum absolute atomic E-state index is 0.217. The van der Waals surface area contributed by atoms with E-state index in [0.29, 0.717) is 38.0 Å². The number of amides is 1. The Labute approximate surface area is 191 Å². The molecule has 0 bridgehead atoms. The molecule has 1 aromatic carbocycles. The number of halogens is 1. The van der Waals surface area contributed by atoms with Crippen molar-refractivity contribution in [1.82, 2.24) is 15.0 Å². The molecule has 1 amide bonds. The summed E-state index contributed by atoms with van der Waals surface area (Å²) in [6.07, 6.45) is 5.55. The van der Waals surface area contributed by atoms with E-state index in [1.165, 1.54) is 6.20 Å². The molecular weight excluding hydrogens is 446 g/mol. The number of pyridine rings is 3. The van der Waals surface area contributed by atoms with Crippen LogP contribution in [0.1, 0.15) is 21.5 Å². The summed E-state index contributed by atoms with van der Waals surface area (Å²) < 4.78 is 12.8. The number of carbonyl (C=O) groups is 1. The average Bonchev–Trinajstić information content (AvgIpc) is 3.19. The van der Waals surface area contributed by atoms with Gasteiger partial charge < -0.3 is 10.6 Å². The zero-order valence-corrected chi connectivity index (χ0v) is 18.4. The number of rotatable bonds is 4. The van der Waals surface area contributed by atoms with Crippen molar-refractivity contribution in [3.05, 3.63) is 82.8 Å². The third-order valence-electron chi connectivity index (χ3n) is 5.35. The average molecular weight is 464 g/mol. The Morgan fingerprint density at radius 2 is 2.03 bits per heavy atom. The molecule has 160 valence electrons. The number of anilines is 2. The molecule has 4 heterocycles. The third-order valence-corrected chi connectivity index (χ3v) is 7.15. The number of fused-ring (bicyclic) bond motifs is 2. The molecule has 0 fully saturated rings. The smallest absolute Gasteiger partial charge is 0.260 e. The van der Waals surface area contributed by atoms with Crippen LogP contribution >= 0.6 is 11.6 Å². The molecule has 0 aliphatic carbocycles. The minimum Gasteiger partial charge on any atom is -0.382 e. The van der Waals surface area contributed by atoms with Crippen molar-refractivity contribution >= 4 is 50.8 Å². The number of nitrogens with zero attached hydrogens (tertiary/aromatic N) is 4. The Bertz CT molecular complexity index is 1380. The molecule has 5 rings (SSSR count). The highest BCUT2D eigenvalue weighted by Gasteiger charge is 2.28. The van der Waals surface area contributed by atoms with Gasteiger partial charge in [-0.3, -0.25) is 19.0 Å². The van der Waals surface area contributed by atoms with Crippen LogP contribution in [-0.2, 0) is 23.8 Å². The second-order valence-corrected chi connectivity index (χ2v) is 9.35. The van der Waals surface area contributed by atoms with E-state index >= 15 is 0 Å². The summed E-state index contributed by atoms with van der Waals surface area (Å²) in [6.45, 7) is 0.217. The van der Waals surface area contributed by atoms with Gasteiger partial charge in [0.05, 0.1) is 49.5 Å². The van der Waals surface area contributed by atoms with Crippen LogP contribution in [-0.4, -0.2) is 30.8 Å². The van der Waals surface area contributed by atoms with Gasteiger partial charge >= 0.3 is 0 Å². The SMILES string of the molecule is Nc1nc2cc(CN(C(=O)c3cccnc3)c3cccc4c3S(=O)CC4)cnc2cc1Cl. The summed E-state index contributed by atoms with van der Waals surface area (Å²) in [5.74, 6) is 0.541. The predicted molar refractivity (Wildman–Crippen MR) is 125 cm³/mol. The van der Waals surface area contributed by atoms with Crippen LogP contribution in [0.15, 0.2) is 66.0 Å². The summed E-state index contributed by atoms with van der Waals surface area (Å²) in [6, 6.07) is 12.6. The first-order valence-corrected chi connectivity index (χ1v) is 11.6. The van der Waals surface area contributed by atoms with Gasteiger partial charge in [-0.15, -0.1) is 0 Å². The van der Waals surface area contributed by atoms with Gasteiger partial charge in [-0.05, 0) is 47.9 Å². The topological polar surface area (TPSA) is 102 Å². The molecular formula is C23H18ClN5O2S. The van der Waals surface area contributed by atoms with Crippen molar-refractivity contribution in [3.63, 3.8) is 0 Å². The van der Waals surface area contributed by atoms with E-state index in [4.69, 9.17) is 17.3 Å². The molecule has 2 N–H and O–H groups in total. The lowest BCUT2D eigenvalue weighted by Crippen LogP contribution is -2.31. The van der Waals surface area contributed by atoms with Gasteiger partial charge in [0.1, 0.15) is 5.82 Å². The molecule has 3 aromatic heterocycles. The van der Waals surface area contributed by atoms with Gasteiger partial charge in [0.15, 0.2) is 0 Å². The lowest BCUT2D eigenvalue weighted by atomic mass is 10.1. The second kappa shape index (κ2) is 8.29. The van der Waals surface area contributed by atoms with Crippen molar-refractivity contribution in [3.8, 4) is 0 Å². The highest BCUT2D eigenvalue weighted by Crippen LogP contribution is 2.34. The highest BCUT2D eigenvalue weighted by atomic mass is 35.5. The Hall–Kier alpha value is -3.36. The summed E-state index contributed by atoms with van der Waals surface area (Å²) in [5, 5.41) is 0.341. The van der Waals surface area contributed by atoms with Crippen molar-refractivity contribution in [2.24, 2.45) is 0 Å². The molecule has 1 aliphatic heterocycles. The Morgan fingerprint density at radius 3 is 2.84 bits per heavy atom. The van der Waals surface area contributed by atoms with Gasteiger partial charge in [-0.2, -0.15) is 0 Å². The molecule has 1 atom stereocenters. The Morgan fingerprint density at radius 1 is 1.16 bits per heavy atom. The first-order valence-electron chi connectivity index (χ1n) is 9.94. The van der Waals surface area contributed by atoms with Gasteiger partial charge in [0.2, 0.25) is 0 Å². The predicted octanol–water partition coefficient (Wildman–Crippen LogP) is 3.77. The van der Waals surface area contributed by atoms with Crippen molar-refractivity contribution < 1.29 is 9.00 Å². The number of nitrogen functional groups attached to an aromatic ring is 1. The zero-order valence-electron chi connectivity index (χ0n) is 16.9. The van der Waals surface area contributed by atoms with E-state index in [-0.39, 0.29) is 18.3 Å². The molecule has 0 radical (unpaired) electrons. The number of nitrogens with two attached hydrogens (primary N) is 1. The van der Waals surface area contributed by atoms with Crippen LogP contribution in [0.25, 0.3) is 11.0 Å². The maximum absolute atomic E-state index is 13.5. The normalized spacial score (nSPS) is 15.0. The molecule has 0 spiro atoms. The van der Waals surface area contributed by atoms with E-state index in [9.17, 15) is 9.00 Å². The molecule has 0 saturated heterocycles. The quantitative estimate of drug-likeness (QED) is 0.494. The third kappa shape index (κ3) is 3.72. The summed E-state index contributed by atoms with van der Waals surface area (Å²) in [7, 11) is -1.16. The molecule has 9 heteroatoms. The monoisotopic (exact) mass is 463 g/mol. The van der Waals surface area contributed by atoms with Gasteiger partial charge in [0.25, 0.3) is 5.91 Å². The van der Waals surface area contributed by atoms with Crippen LogP contribution < -0.4 is 10.6 Å². The molecule has 7 nitrogen and oxygen atoms in total. The maximum Gasteiger partial charge on any atom is 0.260 e. The Kier molecular flexibility index (Phi) is 5.32. The van der Waals surface area contributed by atoms with E-state index < -0.39 is 10.8 Å². The summed E-state index contributed by atoms with van der Waals surface area (Å²) in [4.78, 5) is 28.7. The van der Waals surface area contributed by atoms with E-state index in [0.717, 1.165) is 17.5 Å². The van der Waals surface area contributed by atoms with Gasteiger partial charge in [-0.1, -0.05) is 23.7 Å². The number of hydrogen-bond donors (Lipinski definition) is 1. The number of hydrogen-bond acceptors (Lipinski definition) is 6. The number of aryl methyl sites for hydroxylation is 1. The maximum atomic E-state index is 13.5. The second-order valence-electron chi connectivity index (χ2n) is 7.44. The summed E-state index contributed by atoms with van der Waals surface area (Å²) in [5.41, 5.74) is 9.88. The fraction of sp³-hybridized carbons (Fsp3) is 0.130. The lowest BCUT2D eigenvalue weighted by Gasteiger charge is -2.25. The van der Waals surface area contributed by atoms with E-state index in [1.807, 2.05) is 24.3 Å². The van der Waals surface area contributed by atoms with Crippen LogP contribution in [0.5, 0.6) is 0 Å². The largest absolute Gasteiger partial charge is 0.382 e. The first-order chi connectivity index (χ1) is 15.5. The van der Waals surface area contributed by atoms with Gasteiger partial charge in [-0.25, -0.2) is 4.98 Å². The standard InChI is InChI=1S/C23H18ClN5O2S/c24-17-10-18-19(28-22(17)25)9-14(11-27-18)13-29(23(30)16-4-2-7-26-12-16)20-5-1-3-15-6-8-32(31)21(15)20/h1-5,7,9-12H,6,8,13H2,(H2,25,28). The van der Waals surface area contributed by atoms with Crippen molar-refractivity contribution in [2.75, 3.05) is 16.4 Å². The lowest BCUT2D eigenvalue weighted by molar-refractivity contribution is 0.0984. The van der Waals surface area contributed by atoms with E-state index in [2.05, 4.69) is 15.0 Å². The summed E-state index contributed by atoms with van der Waals surface area (Å²) >= 11 is 6.05. The first kappa shape index (κ1) is 20.5. The van der Waals surface area contributed by atoms with Crippen molar-refractivity contribution in [2.45, 2.75) is 17.9 Å². The fourth-order valence-corrected chi connectivity index (χ4v) is 5.44. The van der Waals surface area contributed by atoms with Gasteiger partial charge in [0, 0.05) is 24.3 Å². The van der Waals surface area contributed by atoms with Crippen LogP contribution in [0.4, 0.5) is 11.5 Å². The van der Waals surface area contributed by atoms with Crippen LogP contribution in [0, 0.1) is 0 Å². The van der Waals surface area contributed by atoms with Crippen molar-refractivity contribution in [1.29, 1.82) is 0 Å². The number of benzene rings is 1. The Balaban J connectivity index is 1.61. The van der Waals surface area contributed by atoms with Crippen LogP contribution in [0.2, 0.25) is 5.02 Å². The highest BCUT2D eigenvalue weighted by molar-refractivity contribution is 7.85. The van der Waals surface area contributed by atoms with Crippen LogP contribution in [0.3, 0.4) is 0 Å². The zero-order chi connectivity index (χ0) is 22.2. The molecule has 1 aliphatic rings. The molecule has 1 unspecified atom stereocenters.